The first-order chi connectivity index (χ1) is 6.93. The van der Waals surface area contributed by atoms with Crippen LogP contribution in [0.1, 0.15) is 18.5 Å². The summed E-state index contributed by atoms with van der Waals surface area (Å²) in [5.74, 6) is 0.0595. The zero-order chi connectivity index (χ0) is 11.6. The van der Waals surface area contributed by atoms with Crippen LogP contribution in [0.15, 0.2) is 18.2 Å². The number of Topliss-reactive ketones (excluding diaryl/α,β-unsaturated/α-hetero) is 1. The van der Waals surface area contributed by atoms with Crippen molar-refractivity contribution in [3.8, 4) is 0 Å². The highest BCUT2D eigenvalue weighted by Crippen LogP contribution is 2.29. The SMILES string of the molecule is CC(=O)C(c1ccc(Cl)cc1Cl)N(C)C. The number of carbonyl (C=O) groups excluding carboxylic acids is 1. The van der Waals surface area contributed by atoms with Gasteiger partial charge in [-0.2, -0.15) is 0 Å². The number of hydrogen-bond donors (Lipinski definition) is 0. The molecule has 2 nitrogen and oxygen atoms in total. The van der Waals surface area contributed by atoms with Crippen LogP contribution in [0.2, 0.25) is 10.0 Å². The van der Waals surface area contributed by atoms with Gasteiger partial charge in [-0.25, -0.2) is 0 Å². The van der Waals surface area contributed by atoms with Crippen LogP contribution in [0, 0.1) is 0 Å². The number of benzene rings is 1. The Morgan fingerprint density at radius 2 is 1.93 bits per heavy atom. The van der Waals surface area contributed by atoms with E-state index in [0.717, 1.165) is 5.56 Å². The summed E-state index contributed by atoms with van der Waals surface area (Å²) in [6.45, 7) is 1.55. The normalized spacial score (nSPS) is 12.9. The maximum atomic E-state index is 11.5. The van der Waals surface area contributed by atoms with E-state index in [9.17, 15) is 4.79 Å². The van der Waals surface area contributed by atoms with E-state index in [1.807, 2.05) is 19.0 Å². The van der Waals surface area contributed by atoms with Crippen molar-refractivity contribution in [2.75, 3.05) is 14.1 Å². The van der Waals surface area contributed by atoms with E-state index in [4.69, 9.17) is 23.2 Å². The fraction of sp³-hybridized carbons (Fsp3) is 0.364. The molecule has 1 atom stereocenters. The van der Waals surface area contributed by atoms with Crippen molar-refractivity contribution in [2.24, 2.45) is 0 Å². The van der Waals surface area contributed by atoms with Gasteiger partial charge >= 0.3 is 0 Å². The zero-order valence-electron chi connectivity index (χ0n) is 8.92. The van der Waals surface area contributed by atoms with E-state index < -0.39 is 0 Å². The average Bonchev–Trinajstić information content (AvgIpc) is 2.08. The predicted octanol–water partition coefficient (Wildman–Crippen LogP) is 3.19. The molecule has 0 heterocycles. The third-order valence-electron chi connectivity index (χ3n) is 2.16. The van der Waals surface area contributed by atoms with Crippen LogP contribution in [0.25, 0.3) is 0 Å². The van der Waals surface area contributed by atoms with Crippen LogP contribution < -0.4 is 0 Å². The summed E-state index contributed by atoms with van der Waals surface area (Å²) >= 11 is 11.8. The van der Waals surface area contributed by atoms with Gasteiger partial charge in [0.05, 0.1) is 6.04 Å². The van der Waals surface area contributed by atoms with Crippen LogP contribution >= 0.6 is 23.2 Å². The molecule has 0 saturated carbocycles. The van der Waals surface area contributed by atoms with Gasteiger partial charge < -0.3 is 0 Å². The summed E-state index contributed by atoms with van der Waals surface area (Å²) in [6, 6.07) is 4.87. The summed E-state index contributed by atoms with van der Waals surface area (Å²) < 4.78 is 0. The smallest absolute Gasteiger partial charge is 0.151 e. The van der Waals surface area contributed by atoms with Crippen LogP contribution in [-0.4, -0.2) is 24.8 Å². The number of ketones is 1. The van der Waals surface area contributed by atoms with Gasteiger partial charge in [-0.15, -0.1) is 0 Å². The molecule has 82 valence electrons. The summed E-state index contributed by atoms with van der Waals surface area (Å²) in [6.07, 6.45) is 0. The van der Waals surface area contributed by atoms with Crippen molar-refractivity contribution in [3.63, 3.8) is 0 Å². The molecule has 1 unspecified atom stereocenters. The highest BCUT2D eigenvalue weighted by molar-refractivity contribution is 6.35. The number of carbonyl (C=O) groups is 1. The fourth-order valence-corrected chi connectivity index (χ4v) is 2.10. The molecular formula is C11H13Cl2NO. The Hall–Kier alpha value is -0.570. The second-order valence-corrected chi connectivity index (χ2v) is 4.49. The first-order valence-corrected chi connectivity index (χ1v) is 5.31. The van der Waals surface area contributed by atoms with Crippen molar-refractivity contribution in [1.29, 1.82) is 0 Å². The van der Waals surface area contributed by atoms with Gasteiger partial charge in [0.25, 0.3) is 0 Å². The number of nitrogens with zero attached hydrogens (tertiary/aromatic N) is 1. The Morgan fingerprint density at radius 1 is 1.33 bits per heavy atom. The van der Waals surface area contributed by atoms with Crippen molar-refractivity contribution in [3.05, 3.63) is 33.8 Å². The topological polar surface area (TPSA) is 20.3 Å². The average molecular weight is 246 g/mol. The largest absolute Gasteiger partial charge is 0.298 e. The van der Waals surface area contributed by atoms with Gasteiger partial charge in [-0.3, -0.25) is 9.69 Å². The lowest BCUT2D eigenvalue weighted by molar-refractivity contribution is -0.121. The Morgan fingerprint density at radius 3 is 2.33 bits per heavy atom. The molecule has 1 aromatic carbocycles. The molecule has 0 amide bonds. The number of rotatable bonds is 3. The molecule has 0 radical (unpaired) electrons. The van der Waals surface area contributed by atoms with Crippen molar-refractivity contribution in [2.45, 2.75) is 13.0 Å². The first-order valence-electron chi connectivity index (χ1n) is 4.55. The molecule has 1 rings (SSSR count). The molecule has 0 aliphatic rings. The fourth-order valence-electron chi connectivity index (χ4n) is 1.58. The van der Waals surface area contributed by atoms with Crippen molar-refractivity contribution in [1.82, 2.24) is 4.90 Å². The Bertz CT molecular complexity index is 377. The van der Waals surface area contributed by atoms with Gasteiger partial charge in [-0.05, 0) is 38.7 Å². The number of likely N-dealkylation sites (N-methyl/N-ethyl adjacent to an activating group) is 1. The van der Waals surface area contributed by atoms with E-state index in [2.05, 4.69) is 0 Å². The van der Waals surface area contributed by atoms with E-state index in [-0.39, 0.29) is 11.8 Å². The molecule has 15 heavy (non-hydrogen) atoms. The van der Waals surface area contributed by atoms with E-state index in [0.29, 0.717) is 10.0 Å². The second-order valence-electron chi connectivity index (χ2n) is 3.64. The van der Waals surface area contributed by atoms with Crippen molar-refractivity contribution < 1.29 is 4.79 Å². The monoisotopic (exact) mass is 245 g/mol. The molecule has 0 saturated heterocycles. The van der Waals surface area contributed by atoms with E-state index in [1.165, 1.54) is 0 Å². The second kappa shape index (κ2) is 4.97. The van der Waals surface area contributed by atoms with E-state index in [1.54, 1.807) is 25.1 Å². The molecule has 0 aromatic heterocycles. The minimum Gasteiger partial charge on any atom is -0.298 e. The molecular weight excluding hydrogens is 233 g/mol. The minimum absolute atomic E-state index is 0.0595. The number of hydrogen-bond acceptors (Lipinski definition) is 2. The maximum absolute atomic E-state index is 11.5. The Kier molecular flexibility index (Phi) is 4.14. The van der Waals surface area contributed by atoms with Crippen LogP contribution in [0.5, 0.6) is 0 Å². The van der Waals surface area contributed by atoms with Gasteiger partial charge in [0.2, 0.25) is 0 Å². The lowest BCUT2D eigenvalue weighted by Gasteiger charge is -2.22. The van der Waals surface area contributed by atoms with Gasteiger partial charge in [0.1, 0.15) is 0 Å². The molecule has 0 aliphatic heterocycles. The molecule has 0 bridgehead atoms. The molecule has 0 spiro atoms. The highest BCUT2D eigenvalue weighted by Gasteiger charge is 2.21. The third-order valence-corrected chi connectivity index (χ3v) is 2.72. The zero-order valence-corrected chi connectivity index (χ0v) is 10.4. The van der Waals surface area contributed by atoms with Gasteiger partial charge in [0.15, 0.2) is 5.78 Å². The Balaban J connectivity index is 3.17. The predicted molar refractivity (Wildman–Crippen MR) is 63.6 cm³/mol. The summed E-state index contributed by atoms with van der Waals surface area (Å²) in [5, 5.41) is 1.10. The minimum atomic E-state index is -0.310. The molecule has 1 aromatic rings. The van der Waals surface area contributed by atoms with Crippen LogP contribution in [-0.2, 0) is 4.79 Å². The lowest BCUT2D eigenvalue weighted by atomic mass is 10.0. The molecule has 0 fully saturated rings. The lowest BCUT2D eigenvalue weighted by Crippen LogP contribution is -2.26. The van der Waals surface area contributed by atoms with E-state index >= 15 is 0 Å². The summed E-state index contributed by atoms with van der Waals surface area (Å²) in [7, 11) is 3.69. The highest BCUT2D eigenvalue weighted by atomic mass is 35.5. The summed E-state index contributed by atoms with van der Waals surface area (Å²) in [5.41, 5.74) is 0.790. The number of halogens is 2. The van der Waals surface area contributed by atoms with Crippen LogP contribution in [0.4, 0.5) is 0 Å². The standard InChI is InChI=1S/C11H13Cl2NO/c1-7(15)11(14(2)3)9-5-4-8(12)6-10(9)13/h4-6,11H,1-3H3. The van der Waals surface area contributed by atoms with Crippen molar-refractivity contribution >= 4 is 29.0 Å². The third kappa shape index (κ3) is 2.94. The summed E-state index contributed by atoms with van der Waals surface area (Å²) in [4.78, 5) is 13.3. The van der Waals surface area contributed by atoms with Gasteiger partial charge in [0, 0.05) is 10.0 Å². The molecule has 4 heteroatoms. The first kappa shape index (κ1) is 12.5. The maximum Gasteiger partial charge on any atom is 0.151 e. The van der Waals surface area contributed by atoms with Crippen LogP contribution in [0.3, 0.4) is 0 Å². The molecule has 0 N–H and O–H groups in total. The molecule has 0 aliphatic carbocycles. The Labute approximate surface area is 99.8 Å². The van der Waals surface area contributed by atoms with Gasteiger partial charge in [-0.1, -0.05) is 29.3 Å². The quantitative estimate of drug-likeness (QED) is 0.816.